The van der Waals surface area contributed by atoms with Crippen molar-refractivity contribution in [1.29, 1.82) is 0 Å². The number of rotatable bonds is 8. The van der Waals surface area contributed by atoms with Gasteiger partial charge in [-0.05, 0) is 30.7 Å². The third-order valence-corrected chi connectivity index (χ3v) is 5.94. The molecule has 4 heterocycles. The molecule has 0 atom stereocenters. The van der Waals surface area contributed by atoms with Crippen LogP contribution in [0, 0.1) is 0 Å². The van der Waals surface area contributed by atoms with Gasteiger partial charge in [-0.15, -0.1) is 11.3 Å². The number of esters is 1. The van der Waals surface area contributed by atoms with E-state index in [-0.39, 0.29) is 28.4 Å². The van der Waals surface area contributed by atoms with E-state index in [2.05, 4.69) is 15.3 Å². The minimum Gasteiger partial charge on any atom is -0.459 e. The molecule has 33 heavy (non-hydrogen) atoms. The molecule has 0 fully saturated rings. The zero-order valence-electron chi connectivity index (χ0n) is 17.9. The summed E-state index contributed by atoms with van der Waals surface area (Å²) in [5, 5.41) is 3.10. The number of nitrogens with one attached hydrogen (secondary N) is 2. The van der Waals surface area contributed by atoms with E-state index in [9.17, 15) is 19.2 Å². The van der Waals surface area contributed by atoms with Crippen molar-refractivity contribution in [3.63, 3.8) is 0 Å². The first kappa shape index (κ1) is 22.3. The summed E-state index contributed by atoms with van der Waals surface area (Å²) in [7, 11) is 1.62. The Morgan fingerprint density at radius 3 is 2.82 bits per heavy atom. The molecule has 0 aliphatic carbocycles. The molecule has 12 heteroatoms. The maximum absolute atomic E-state index is 12.5. The molecule has 0 aliphatic heterocycles. The second kappa shape index (κ2) is 9.28. The molecular formula is C21H21N5O6S. The minimum atomic E-state index is -0.608. The largest absolute Gasteiger partial charge is 0.459 e. The Balaban J connectivity index is 1.49. The summed E-state index contributed by atoms with van der Waals surface area (Å²) in [6.07, 6.45) is 3.01. The Kier molecular flexibility index (Phi) is 6.27. The van der Waals surface area contributed by atoms with E-state index in [1.54, 1.807) is 19.2 Å². The highest BCUT2D eigenvalue weighted by molar-refractivity contribution is 7.18. The van der Waals surface area contributed by atoms with Gasteiger partial charge in [-0.3, -0.25) is 19.1 Å². The predicted octanol–water partition coefficient (Wildman–Crippen LogP) is 2.49. The number of nitrogens with zero attached hydrogens (tertiary/aromatic N) is 3. The second-order valence-corrected chi connectivity index (χ2v) is 8.28. The number of aromatic amines is 1. The van der Waals surface area contributed by atoms with Gasteiger partial charge in [-0.2, -0.15) is 0 Å². The number of anilines is 1. The summed E-state index contributed by atoms with van der Waals surface area (Å²) >= 11 is 1.05. The van der Waals surface area contributed by atoms with Gasteiger partial charge < -0.3 is 19.0 Å². The van der Waals surface area contributed by atoms with Crippen LogP contribution in [0.4, 0.5) is 5.00 Å². The SMILES string of the molecule is CCCCn1c(=O)[nH]c(=O)c2c1nc(COC(=O)c1ccc(NC(=O)c3ccco3)s1)n2C. The van der Waals surface area contributed by atoms with Crippen LogP contribution in [0.3, 0.4) is 0 Å². The van der Waals surface area contributed by atoms with E-state index in [0.29, 0.717) is 17.4 Å². The van der Waals surface area contributed by atoms with Gasteiger partial charge in [0.2, 0.25) is 0 Å². The molecule has 0 bridgehead atoms. The molecule has 0 unspecified atom stereocenters. The Morgan fingerprint density at radius 1 is 1.27 bits per heavy atom. The number of hydrogen-bond donors (Lipinski definition) is 2. The summed E-state index contributed by atoms with van der Waals surface area (Å²) in [6, 6.07) is 6.25. The van der Waals surface area contributed by atoms with Gasteiger partial charge in [0, 0.05) is 13.6 Å². The van der Waals surface area contributed by atoms with Gasteiger partial charge >= 0.3 is 11.7 Å². The first-order valence-corrected chi connectivity index (χ1v) is 11.0. The molecule has 0 aliphatic rings. The van der Waals surface area contributed by atoms with E-state index in [0.717, 1.165) is 24.2 Å². The van der Waals surface area contributed by atoms with Crippen molar-refractivity contribution in [2.24, 2.45) is 7.05 Å². The third-order valence-electron chi connectivity index (χ3n) is 4.96. The Bertz CT molecular complexity index is 1430. The van der Waals surface area contributed by atoms with Crippen LogP contribution in [0.5, 0.6) is 0 Å². The molecule has 4 aromatic heterocycles. The summed E-state index contributed by atoms with van der Waals surface area (Å²) in [5.41, 5.74) is -0.587. The molecule has 2 N–H and O–H groups in total. The Labute approximate surface area is 190 Å². The molecule has 0 saturated carbocycles. The maximum Gasteiger partial charge on any atom is 0.348 e. The Morgan fingerprint density at radius 2 is 2.09 bits per heavy atom. The molecule has 172 valence electrons. The van der Waals surface area contributed by atoms with Gasteiger partial charge in [0.05, 0.1) is 11.3 Å². The van der Waals surface area contributed by atoms with Crippen molar-refractivity contribution in [2.45, 2.75) is 32.9 Å². The van der Waals surface area contributed by atoms with E-state index in [4.69, 9.17) is 9.15 Å². The fourth-order valence-corrected chi connectivity index (χ4v) is 4.04. The van der Waals surface area contributed by atoms with E-state index in [1.807, 2.05) is 6.92 Å². The van der Waals surface area contributed by atoms with Crippen molar-refractivity contribution in [3.05, 3.63) is 67.8 Å². The van der Waals surface area contributed by atoms with Crippen molar-refractivity contribution >= 4 is 39.4 Å². The lowest BCUT2D eigenvalue weighted by Crippen LogP contribution is -2.31. The first-order valence-electron chi connectivity index (χ1n) is 10.2. The summed E-state index contributed by atoms with van der Waals surface area (Å²) in [5.74, 6) is -0.562. The first-order chi connectivity index (χ1) is 15.9. The number of carbonyl (C=O) groups excluding carboxylic acids is 2. The maximum atomic E-state index is 12.5. The topological polar surface area (TPSA) is 141 Å². The van der Waals surface area contributed by atoms with Crippen LogP contribution in [-0.2, 0) is 24.9 Å². The molecular weight excluding hydrogens is 450 g/mol. The number of fused-ring (bicyclic) bond motifs is 1. The van der Waals surface area contributed by atoms with Crippen molar-refractivity contribution in [1.82, 2.24) is 19.1 Å². The van der Waals surface area contributed by atoms with Gasteiger partial charge in [-0.25, -0.2) is 14.6 Å². The molecule has 4 rings (SSSR count). The standard InChI is InChI=1S/C21H21N5O6S/c1-3-4-9-26-17-16(19(28)24-21(26)30)25(2)14(22-17)11-32-20(29)13-7-8-15(33-13)23-18(27)12-6-5-10-31-12/h5-8,10H,3-4,9,11H2,1-2H3,(H,23,27)(H,24,28,30). The normalized spacial score (nSPS) is 11.1. The quantitative estimate of drug-likeness (QED) is 0.376. The van der Waals surface area contributed by atoms with E-state index in [1.165, 1.54) is 27.5 Å². The van der Waals surface area contributed by atoms with Crippen molar-refractivity contribution in [3.8, 4) is 0 Å². The van der Waals surface area contributed by atoms with Gasteiger partial charge in [0.1, 0.15) is 17.3 Å². The number of thiophene rings is 1. The average Bonchev–Trinajstić information content (AvgIpc) is 3.53. The fourth-order valence-electron chi connectivity index (χ4n) is 3.24. The molecule has 0 aromatic carbocycles. The number of aromatic nitrogens is 4. The number of imidazole rings is 1. The molecule has 0 radical (unpaired) electrons. The molecule has 1 amide bonds. The second-order valence-electron chi connectivity index (χ2n) is 7.20. The van der Waals surface area contributed by atoms with Crippen LogP contribution >= 0.6 is 11.3 Å². The van der Waals surface area contributed by atoms with Gasteiger partial charge in [0.15, 0.2) is 16.9 Å². The van der Waals surface area contributed by atoms with Crippen molar-refractivity contribution < 1.29 is 18.7 Å². The average molecular weight is 471 g/mol. The monoisotopic (exact) mass is 471 g/mol. The highest BCUT2D eigenvalue weighted by Crippen LogP contribution is 2.24. The minimum absolute atomic E-state index is 0.154. The van der Waals surface area contributed by atoms with E-state index < -0.39 is 23.1 Å². The highest BCUT2D eigenvalue weighted by atomic mass is 32.1. The molecule has 11 nitrogen and oxygen atoms in total. The lowest BCUT2D eigenvalue weighted by Gasteiger charge is -2.04. The van der Waals surface area contributed by atoms with Crippen LogP contribution < -0.4 is 16.6 Å². The van der Waals surface area contributed by atoms with Crippen LogP contribution in [-0.4, -0.2) is 31.0 Å². The number of unbranched alkanes of at least 4 members (excludes halogenated alkanes) is 1. The summed E-state index contributed by atoms with van der Waals surface area (Å²) < 4.78 is 13.3. The Hall–Kier alpha value is -3.93. The smallest absolute Gasteiger partial charge is 0.348 e. The van der Waals surface area contributed by atoms with E-state index >= 15 is 0 Å². The molecule has 4 aromatic rings. The number of furan rings is 1. The van der Waals surface area contributed by atoms with Gasteiger partial charge in [0.25, 0.3) is 11.5 Å². The number of aryl methyl sites for hydroxylation is 2. The number of ether oxygens (including phenoxy) is 1. The zero-order chi connectivity index (χ0) is 23.5. The number of H-pyrrole nitrogens is 1. The number of amides is 1. The predicted molar refractivity (Wildman–Crippen MR) is 121 cm³/mol. The fraction of sp³-hybridized carbons (Fsp3) is 0.286. The summed E-state index contributed by atoms with van der Waals surface area (Å²) in [4.78, 5) is 56.1. The lowest BCUT2D eigenvalue weighted by atomic mass is 10.3. The molecule has 0 saturated heterocycles. The zero-order valence-corrected chi connectivity index (χ0v) is 18.7. The van der Waals surface area contributed by atoms with Crippen LogP contribution in [0.15, 0.2) is 44.5 Å². The third kappa shape index (κ3) is 4.51. The number of hydrogen-bond acceptors (Lipinski definition) is 8. The van der Waals surface area contributed by atoms with Gasteiger partial charge in [-0.1, -0.05) is 13.3 Å². The molecule has 0 spiro atoms. The van der Waals surface area contributed by atoms with Crippen LogP contribution in [0.2, 0.25) is 0 Å². The summed E-state index contributed by atoms with van der Waals surface area (Å²) in [6.45, 7) is 2.22. The van der Waals surface area contributed by atoms with Crippen molar-refractivity contribution in [2.75, 3.05) is 5.32 Å². The lowest BCUT2D eigenvalue weighted by molar-refractivity contribution is 0.0465. The number of carbonyl (C=O) groups is 2. The highest BCUT2D eigenvalue weighted by Gasteiger charge is 2.19. The van der Waals surface area contributed by atoms with Crippen LogP contribution in [0.1, 0.15) is 45.8 Å². The van der Waals surface area contributed by atoms with Crippen LogP contribution in [0.25, 0.3) is 11.2 Å².